The van der Waals surface area contributed by atoms with Crippen molar-refractivity contribution in [3.8, 4) is 0 Å². The fourth-order valence-corrected chi connectivity index (χ4v) is 3.96. The van der Waals surface area contributed by atoms with Crippen LogP contribution in [0.3, 0.4) is 0 Å². The molecule has 0 radical (unpaired) electrons. The molecule has 1 saturated carbocycles. The molecular formula is C20H21N5O. The number of para-hydroxylation sites is 1. The molecule has 0 bridgehead atoms. The van der Waals surface area contributed by atoms with Gasteiger partial charge in [0.15, 0.2) is 0 Å². The first-order chi connectivity index (χ1) is 12.7. The van der Waals surface area contributed by atoms with Gasteiger partial charge in [-0.15, -0.1) is 0 Å². The molecule has 1 amide bonds. The molecule has 0 spiro atoms. The molecular weight excluding hydrogens is 326 g/mol. The SMILES string of the molecule is NC(=O)c1cc(N2CCc3[nH]nc(C4CC4)c3CC2)nc2ccccc12. The van der Waals surface area contributed by atoms with Gasteiger partial charge in [0.2, 0.25) is 5.91 Å². The van der Waals surface area contributed by atoms with Crippen LogP contribution in [0.4, 0.5) is 5.82 Å². The maximum Gasteiger partial charge on any atom is 0.249 e. The van der Waals surface area contributed by atoms with Crippen LogP contribution in [-0.4, -0.2) is 34.2 Å². The minimum absolute atomic E-state index is 0.412. The average Bonchev–Trinajstić information content (AvgIpc) is 3.45. The number of carbonyl (C=O) groups excluding carboxylic acids is 1. The van der Waals surface area contributed by atoms with Crippen LogP contribution in [0.2, 0.25) is 0 Å². The van der Waals surface area contributed by atoms with Gasteiger partial charge < -0.3 is 10.6 Å². The molecule has 1 fully saturated rings. The summed E-state index contributed by atoms with van der Waals surface area (Å²) in [5.74, 6) is 1.07. The van der Waals surface area contributed by atoms with Crippen LogP contribution in [0, 0.1) is 0 Å². The highest BCUT2D eigenvalue weighted by Gasteiger charge is 2.31. The lowest BCUT2D eigenvalue weighted by atomic mass is 10.1. The molecule has 132 valence electrons. The average molecular weight is 347 g/mol. The number of amides is 1. The van der Waals surface area contributed by atoms with E-state index in [4.69, 9.17) is 10.7 Å². The second-order valence-corrected chi connectivity index (χ2v) is 7.24. The number of nitrogens with one attached hydrogen (secondary N) is 1. The Morgan fingerprint density at radius 3 is 2.81 bits per heavy atom. The van der Waals surface area contributed by atoms with E-state index in [1.165, 1.54) is 29.8 Å². The van der Waals surface area contributed by atoms with Gasteiger partial charge in [-0.25, -0.2) is 4.98 Å². The van der Waals surface area contributed by atoms with E-state index in [2.05, 4.69) is 15.1 Å². The molecule has 3 aromatic rings. The zero-order chi connectivity index (χ0) is 17.7. The minimum Gasteiger partial charge on any atom is -0.366 e. The summed E-state index contributed by atoms with van der Waals surface area (Å²) in [5.41, 5.74) is 10.9. The summed E-state index contributed by atoms with van der Waals surface area (Å²) in [7, 11) is 0. The number of hydrogen-bond acceptors (Lipinski definition) is 4. The molecule has 6 heteroatoms. The van der Waals surface area contributed by atoms with E-state index in [0.717, 1.165) is 42.7 Å². The highest BCUT2D eigenvalue weighted by atomic mass is 16.1. The number of aromatic amines is 1. The second-order valence-electron chi connectivity index (χ2n) is 7.24. The standard InChI is InChI=1S/C20H21N5O/c21-20(26)15-11-18(22-16-4-2-1-3-13(15)16)25-9-7-14-17(8-10-25)23-24-19(14)12-5-6-12/h1-4,11-12H,5-10H2,(H2,21,26)(H,23,24). The van der Waals surface area contributed by atoms with E-state index in [1.54, 1.807) is 0 Å². The van der Waals surface area contributed by atoms with Crippen molar-refractivity contribution in [1.29, 1.82) is 0 Å². The summed E-state index contributed by atoms with van der Waals surface area (Å²) < 4.78 is 0. The summed E-state index contributed by atoms with van der Waals surface area (Å²) in [5, 5.41) is 8.61. The van der Waals surface area contributed by atoms with Crippen LogP contribution >= 0.6 is 0 Å². The van der Waals surface area contributed by atoms with Crippen LogP contribution in [0.1, 0.15) is 46.1 Å². The Balaban J connectivity index is 1.49. The molecule has 1 aliphatic heterocycles. The van der Waals surface area contributed by atoms with Crippen molar-refractivity contribution >= 4 is 22.6 Å². The van der Waals surface area contributed by atoms with Gasteiger partial charge in [0.05, 0.1) is 16.8 Å². The number of carbonyl (C=O) groups is 1. The van der Waals surface area contributed by atoms with Gasteiger partial charge in [0.1, 0.15) is 5.82 Å². The van der Waals surface area contributed by atoms with Crippen molar-refractivity contribution in [3.63, 3.8) is 0 Å². The Morgan fingerprint density at radius 1 is 1.19 bits per heavy atom. The molecule has 1 aliphatic carbocycles. The first kappa shape index (κ1) is 15.4. The number of primary amides is 1. The lowest BCUT2D eigenvalue weighted by Crippen LogP contribution is -2.27. The third-order valence-electron chi connectivity index (χ3n) is 5.50. The Labute approximate surface area is 151 Å². The predicted molar refractivity (Wildman–Crippen MR) is 100 cm³/mol. The summed E-state index contributed by atoms with van der Waals surface area (Å²) in [6.07, 6.45) is 4.39. The number of nitrogens with two attached hydrogens (primary N) is 1. The zero-order valence-electron chi connectivity index (χ0n) is 14.5. The Kier molecular flexibility index (Phi) is 3.45. The first-order valence-corrected chi connectivity index (χ1v) is 9.21. The third kappa shape index (κ3) is 2.53. The van der Waals surface area contributed by atoms with Crippen LogP contribution in [0.5, 0.6) is 0 Å². The molecule has 1 aromatic carbocycles. The van der Waals surface area contributed by atoms with E-state index in [0.29, 0.717) is 11.5 Å². The van der Waals surface area contributed by atoms with Gasteiger partial charge in [-0.05, 0) is 37.0 Å². The van der Waals surface area contributed by atoms with Crippen molar-refractivity contribution in [2.45, 2.75) is 31.6 Å². The van der Waals surface area contributed by atoms with Crippen molar-refractivity contribution in [2.24, 2.45) is 5.73 Å². The quantitative estimate of drug-likeness (QED) is 0.762. The number of H-pyrrole nitrogens is 1. The van der Waals surface area contributed by atoms with Crippen LogP contribution in [0.15, 0.2) is 30.3 Å². The number of benzene rings is 1. The smallest absolute Gasteiger partial charge is 0.249 e. The molecule has 6 nitrogen and oxygen atoms in total. The third-order valence-corrected chi connectivity index (χ3v) is 5.50. The van der Waals surface area contributed by atoms with E-state index in [-0.39, 0.29) is 0 Å². The topological polar surface area (TPSA) is 87.9 Å². The monoisotopic (exact) mass is 347 g/mol. The highest BCUT2D eigenvalue weighted by Crippen LogP contribution is 2.41. The normalized spacial score (nSPS) is 17.2. The van der Waals surface area contributed by atoms with Gasteiger partial charge in [0.25, 0.3) is 0 Å². The maximum absolute atomic E-state index is 11.9. The van der Waals surface area contributed by atoms with Crippen molar-refractivity contribution in [1.82, 2.24) is 15.2 Å². The van der Waals surface area contributed by atoms with Gasteiger partial charge in [-0.1, -0.05) is 18.2 Å². The Hall–Kier alpha value is -2.89. The Morgan fingerprint density at radius 2 is 2.00 bits per heavy atom. The number of pyridine rings is 1. The molecule has 0 saturated heterocycles. The molecule has 2 aliphatic rings. The summed E-state index contributed by atoms with van der Waals surface area (Å²) in [6.45, 7) is 1.72. The fraction of sp³-hybridized carbons (Fsp3) is 0.350. The fourth-order valence-electron chi connectivity index (χ4n) is 3.96. The number of nitrogens with zero attached hydrogens (tertiary/aromatic N) is 3. The van der Waals surface area contributed by atoms with Crippen molar-refractivity contribution in [3.05, 3.63) is 52.8 Å². The Bertz CT molecular complexity index is 1000. The van der Waals surface area contributed by atoms with Crippen molar-refractivity contribution in [2.75, 3.05) is 18.0 Å². The molecule has 2 aromatic heterocycles. The van der Waals surface area contributed by atoms with Crippen LogP contribution in [0.25, 0.3) is 10.9 Å². The molecule has 0 atom stereocenters. The molecule has 26 heavy (non-hydrogen) atoms. The number of aromatic nitrogens is 3. The summed E-state index contributed by atoms with van der Waals surface area (Å²) in [6, 6.07) is 9.50. The van der Waals surface area contributed by atoms with Gasteiger partial charge in [0, 0.05) is 36.5 Å². The number of rotatable bonds is 3. The lowest BCUT2D eigenvalue weighted by Gasteiger charge is -2.22. The lowest BCUT2D eigenvalue weighted by molar-refractivity contribution is 0.100. The minimum atomic E-state index is -0.412. The van der Waals surface area contributed by atoms with E-state index >= 15 is 0 Å². The summed E-state index contributed by atoms with van der Waals surface area (Å²) in [4.78, 5) is 19.0. The molecule has 0 unspecified atom stereocenters. The highest BCUT2D eigenvalue weighted by molar-refractivity contribution is 6.06. The predicted octanol–water partition coefficient (Wildman–Crippen LogP) is 2.54. The van der Waals surface area contributed by atoms with E-state index in [9.17, 15) is 4.79 Å². The maximum atomic E-state index is 11.9. The molecule has 3 heterocycles. The zero-order valence-corrected chi connectivity index (χ0v) is 14.5. The van der Waals surface area contributed by atoms with Gasteiger partial charge >= 0.3 is 0 Å². The number of anilines is 1. The van der Waals surface area contributed by atoms with Crippen molar-refractivity contribution < 1.29 is 4.79 Å². The van der Waals surface area contributed by atoms with E-state index in [1.807, 2.05) is 30.3 Å². The van der Waals surface area contributed by atoms with Crippen LogP contribution in [-0.2, 0) is 12.8 Å². The second kappa shape index (κ2) is 5.83. The molecule has 3 N–H and O–H groups in total. The van der Waals surface area contributed by atoms with Gasteiger partial charge in [-0.3, -0.25) is 9.89 Å². The summed E-state index contributed by atoms with van der Waals surface area (Å²) >= 11 is 0. The van der Waals surface area contributed by atoms with Gasteiger partial charge in [-0.2, -0.15) is 5.10 Å². The van der Waals surface area contributed by atoms with Crippen LogP contribution < -0.4 is 10.6 Å². The first-order valence-electron chi connectivity index (χ1n) is 9.21. The molecule has 5 rings (SSSR count). The number of hydrogen-bond donors (Lipinski definition) is 2. The van der Waals surface area contributed by atoms with E-state index < -0.39 is 5.91 Å². The largest absolute Gasteiger partial charge is 0.366 e. The number of fused-ring (bicyclic) bond motifs is 2.